The van der Waals surface area contributed by atoms with Gasteiger partial charge in [-0.1, -0.05) is 23.7 Å². The van der Waals surface area contributed by atoms with Gasteiger partial charge >= 0.3 is 18.2 Å². The number of imidazole rings is 1. The first-order valence-corrected chi connectivity index (χ1v) is 15.3. The van der Waals surface area contributed by atoms with Crippen molar-refractivity contribution in [3.63, 3.8) is 0 Å². The number of anilines is 1. The Labute approximate surface area is 264 Å². The number of benzene rings is 2. The molecule has 0 atom stereocenters. The zero-order chi connectivity index (χ0) is 31.9. The maximum atomic E-state index is 13.9. The third-order valence-electron chi connectivity index (χ3n) is 7.39. The highest BCUT2D eigenvalue weighted by Crippen LogP contribution is 2.34. The molecule has 0 radical (unpaired) electrons. The van der Waals surface area contributed by atoms with E-state index in [9.17, 15) is 22.8 Å². The van der Waals surface area contributed by atoms with Gasteiger partial charge in [0.1, 0.15) is 4.70 Å². The van der Waals surface area contributed by atoms with Gasteiger partial charge in [0, 0.05) is 50.2 Å². The average molecular weight is 661 g/mol. The molecule has 2 aromatic carbocycles. The molecular formula is C30H28ClF3N6O4S. The average Bonchev–Trinajstić information content (AvgIpc) is 3.60. The molecule has 1 aliphatic rings. The molecule has 6 rings (SSSR count). The number of halogens is 4. The number of carbonyl (C=O) groups excluding carboxylic acids is 1. The summed E-state index contributed by atoms with van der Waals surface area (Å²) in [6, 6.07) is 12.5. The van der Waals surface area contributed by atoms with Crippen LogP contribution in [0.5, 0.6) is 6.01 Å². The predicted octanol–water partition coefficient (Wildman–Crippen LogP) is 5.37. The fraction of sp³-hybridized carbons (Fsp3) is 0.333. The van der Waals surface area contributed by atoms with Crippen LogP contribution in [0.25, 0.3) is 37.4 Å². The Morgan fingerprint density at radius 2 is 1.78 bits per heavy atom. The maximum absolute atomic E-state index is 13.9. The molecule has 0 saturated carbocycles. The first-order valence-electron chi connectivity index (χ1n) is 14.1. The molecule has 1 aliphatic heterocycles. The van der Waals surface area contributed by atoms with E-state index in [0.717, 1.165) is 53.0 Å². The molecule has 0 bridgehead atoms. The number of esters is 1. The number of carbonyl (C=O) groups is 1. The topological polar surface area (TPSA) is 94.7 Å². The van der Waals surface area contributed by atoms with E-state index in [4.69, 9.17) is 26.1 Å². The van der Waals surface area contributed by atoms with Gasteiger partial charge in [0.05, 0.1) is 35.5 Å². The third kappa shape index (κ3) is 6.41. The van der Waals surface area contributed by atoms with E-state index in [1.807, 2.05) is 19.0 Å². The highest BCUT2D eigenvalue weighted by Gasteiger charge is 2.42. The van der Waals surface area contributed by atoms with E-state index < -0.39 is 23.7 Å². The fourth-order valence-electron chi connectivity index (χ4n) is 5.24. The van der Waals surface area contributed by atoms with Crippen molar-refractivity contribution in [3.8, 4) is 22.1 Å². The Balaban J connectivity index is 1.42. The Morgan fingerprint density at radius 3 is 2.47 bits per heavy atom. The number of aryl methyl sites for hydroxylation is 1. The summed E-state index contributed by atoms with van der Waals surface area (Å²) in [5.41, 5.74) is 1.58. The van der Waals surface area contributed by atoms with Crippen molar-refractivity contribution in [1.82, 2.24) is 24.0 Å². The van der Waals surface area contributed by atoms with E-state index in [-0.39, 0.29) is 15.9 Å². The van der Waals surface area contributed by atoms with Crippen molar-refractivity contribution in [1.29, 1.82) is 0 Å². The molecule has 236 valence electrons. The Kier molecular flexibility index (Phi) is 8.57. The van der Waals surface area contributed by atoms with Crippen LogP contribution >= 0.6 is 22.9 Å². The molecule has 45 heavy (non-hydrogen) atoms. The van der Waals surface area contributed by atoms with Crippen LogP contribution in [0.2, 0.25) is 5.02 Å². The van der Waals surface area contributed by atoms with Gasteiger partial charge in [0.15, 0.2) is 0 Å². The van der Waals surface area contributed by atoms with Crippen LogP contribution in [-0.4, -0.2) is 83.1 Å². The zero-order valence-electron chi connectivity index (χ0n) is 24.3. The van der Waals surface area contributed by atoms with Crippen molar-refractivity contribution >= 4 is 56.1 Å². The second-order valence-corrected chi connectivity index (χ2v) is 12.2. The Morgan fingerprint density at radius 1 is 1.04 bits per heavy atom. The lowest BCUT2D eigenvalue weighted by atomic mass is 10.2. The molecule has 0 aliphatic carbocycles. The van der Waals surface area contributed by atoms with Crippen molar-refractivity contribution < 1.29 is 27.4 Å². The van der Waals surface area contributed by atoms with Crippen LogP contribution in [0, 0.1) is 0 Å². The zero-order valence-corrected chi connectivity index (χ0v) is 25.9. The fourth-order valence-corrected chi connectivity index (χ4v) is 6.39. The summed E-state index contributed by atoms with van der Waals surface area (Å²) in [7, 11) is 3.74. The molecule has 0 spiro atoms. The monoisotopic (exact) mass is 660 g/mol. The first-order chi connectivity index (χ1) is 21.5. The number of rotatable bonds is 8. The summed E-state index contributed by atoms with van der Waals surface area (Å²) in [5.74, 6) is -1.81. The van der Waals surface area contributed by atoms with Crippen LogP contribution in [0.15, 0.2) is 53.3 Å². The Bertz CT molecular complexity index is 1930. The van der Waals surface area contributed by atoms with Crippen LogP contribution in [-0.2, 0) is 16.1 Å². The van der Waals surface area contributed by atoms with Gasteiger partial charge in [-0.05, 0) is 48.4 Å². The van der Waals surface area contributed by atoms with Gasteiger partial charge in [0.25, 0.3) is 5.56 Å². The lowest BCUT2D eigenvalue weighted by Gasteiger charge is -2.26. The number of morpholine rings is 1. The van der Waals surface area contributed by atoms with Gasteiger partial charge in [0.2, 0.25) is 5.95 Å². The molecule has 10 nitrogen and oxygen atoms in total. The summed E-state index contributed by atoms with van der Waals surface area (Å²) >= 11 is 7.13. The van der Waals surface area contributed by atoms with Gasteiger partial charge in [-0.25, -0.2) is 14.3 Å². The number of hydrogen-bond acceptors (Lipinski definition) is 9. The normalized spacial score (nSPS) is 14.4. The van der Waals surface area contributed by atoms with E-state index in [1.165, 1.54) is 0 Å². The maximum Gasteiger partial charge on any atom is 0.491 e. The molecule has 0 amide bonds. The second-order valence-electron chi connectivity index (χ2n) is 10.7. The van der Waals surface area contributed by atoms with Crippen LogP contribution < -0.4 is 15.2 Å². The number of alkyl halides is 3. The molecular weight excluding hydrogens is 633 g/mol. The SMILES string of the molecule is CN(C)c1nc2cc(-n3c(OC(=O)C(F)(F)F)nc4cc(-c5ccc(Cl)cc5)sc4c3=O)ccc2n1CCCN1CCOCC1. The third-order valence-corrected chi connectivity index (χ3v) is 8.80. The van der Waals surface area contributed by atoms with E-state index in [0.29, 0.717) is 41.1 Å². The molecule has 1 saturated heterocycles. The molecule has 3 aromatic heterocycles. The van der Waals surface area contributed by atoms with Crippen molar-refractivity contribution in [3.05, 3.63) is 63.9 Å². The molecule has 5 aromatic rings. The summed E-state index contributed by atoms with van der Waals surface area (Å²) in [4.78, 5) is 39.6. The summed E-state index contributed by atoms with van der Waals surface area (Å²) in [5, 5.41) is 0.522. The predicted molar refractivity (Wildman–Crippen MR) is 167 cm³/mol. The highest BCUT2D eigenvalue weighted by atomic mass is 35.5. The van der Waals surface area contributed by atoms with Crippen molar-refractivity contribution in [2.24, 2.45) is 0 Å². The molecule has 0 unspecified atom stereocenters. The minimum atomic E-state index is -5.30. The Hall–Kier alpha value is -3.98. The van der Waals surface area contributed by atoms with Gasteiger partial charge in [-0.3, -0.25) is 9.69 Å². The molecule has 1 fully saturated rings. The number of aromatic nitrogens is 4. The number of hydrogen-bond donors (Lipinski definition) is 0. The lowest BCUT2D eigenvalue weighted by Crippen LogP contribution is -2.37. The number of nitrogens with zero attached hydrogens (tertiary/aromatic N) is 6. The molecule has 4 heterocycles. The molecule has 15 heteroatoms. The van der Waals surface area contributed by atoms with E-state index >= 15 is 0 Å². The minimum Gasteiger partial charge on any atom is -0.385 e. The first kappa shape index (κ1) is 31.0. The van der Waals surface area contributed by atoms with Gasteiger partial charge in [-0.2, -0.15) is 18.2 Å². The highest BCUT2D eigenvalue weighted by molar-refractivity contribution is 7.22. The minimum absolute atomic E-state index is 0.0942. The van der Waals surface area contributed by atoms with E-state index in [2.05, 4.69) is 14.5 Å². The molecule has 0 N–H and O–H groups in total. The summed E-state index contributed by atoms with van der Waals surface area (Å²) < 4.78 is 53.1. The van der Waals surface area contributed by atoms with Crippen molar-refractivity contribution in [2.45, 2.75) is 19.1 Å². The quantitative estimate of drug-likeness (QED) is 0.205. The summed E-state index contributed by atoms with van der Waals surface area (Å²) in [6.45, 7) is 4.76. The lowest BCUT2D eigenvalue weighted by molar-refractivity contribution is -0.190. The van der Waals surface area contributed by atoms with E-state index in [1.54, 1.807) is 48.5 Å². The van der Waals surface area contributed by atoms with Crippen LogP contribution in [0.3, 0.4) is 0 Å². The van der Waals surface area contributed by atoms with Gasteiger partial charge < -0.3 is 18.9 Å². The number of fused-ring (bicyclic) bond motifs is 2. The van der Waals surface area contributed by atoms with Crippen molar-refractivity contribution in [2.75, 3.05) is 51.8 Å². The summed E-state index contributed by atoms with van der Waals surface area (Å²) in [6.07, 6.45) is -4.44. The smallest absolute Gasteiger partial charge is 0.385 e. The standard InChI is InChI=1S/C30H28ClF3N6O4S/c1-37(2)28-35-21-16-20(8-9-23(21)39(28)11-3-10-38-12-14-43-15-13-38)40-26(41)25-22(36-29(40)44-27(42)30(32,33)34)17-24(45-25)18-4-6-19(31)7-5-18/h4-9,16-17H,3,10-15H2,1-2H3. The number of thiophene rings is 1. The second kappa shape index (κ2) is 12.4. The van der Waals surface area contributed by atoms with Crippen LogP contribution in [0.1, 0.15) is 6.42 Å². The number of ether oxygens (including phenoxy) is 2. The largest absolute Gasteiger partial charge is 0.491 e. The van der Waals surface area contributed by atoms with Gasteiger partial charge in [-0.15, -0.1) is 11.3 Å². The van der Waals surface area contributed by atoms with Crippen LogP contribution in [0.4, 0.5) is 19.1 Å².